The van der Waals surface area contributed by atoms with Gasteiger partial charge in [0.25, 0.3) is 5.91 Å². The van der Waals surface area contributed by atoms with E-state index in [1.54, 1.807) is 48.5 Å². The van der Waals surface area contributed by atoms with Crippen LogP contribution in [0.2, 0.25) is 5.02 Å². The zero-order valence-corrected chi connectivity index (χ0v) is 22.3. The first-order valence-corrected chi connectivity index (χ1v) is 12.7. The largest absolute Gasteiger partial charge is 0.416 e. The minimum atomic E-state index is -4.95. The lowest BCUT2D eigenvalue weighted by Crippen LogP contribution is -2.37. The molecule has 42 heavy (non-hydrogen) atoms. The van der Waals surface area contributed by atoms with Crippen molar-refractivity contribution < 1.29 is 23.1 Å². The number of nitrogen functional groups attached to an aromatic ring is 1. The molecule has 4 N–H and O–H groups in total. The van der Waals surface area contributed by atoms with E-state index in [0.29, 0.717) is 27.6 Å². The van der Waals surface area contributed by atoms with Gasteiger partial charge in [0.05, 0.1) is 17.8 Å². The third kappa shape index (κ3) is 6.19. The van der Waals surface area contributed by atoms with Crippen LogP contribution in [0.5, 0.6) is 0 Å². The van der Waals surface area contributed by atoms with Crippen LogP contribution in [-0.2, 0) is 13.1 Å². The molecule has 3 aromatic carbocycles. The Bertz CT molecular complexity index is 1780. The van der Waals surface area contributed by atoms with Crippen LogP contribution < -0.4 is 16.7 Å². The van der Waals surface area contributed by atoms with Crippen LogP contribution >= 0.6 is 11.6 Å². The average molecular weight is 599 g/mol. The quantitative estimate of drug-likeness (QED) is 0.231. The predicted molar refractivity (Wildman–Crippen MR) is 148 cm³/mol. The molecule has 0 fully saturated rings. The molecule has 0 aliphatic heterocycles. The minimum Gasteiger partial charge on any atom is -0.399 e. The summed E-state index contributed by atoms with van der Waals surface area (Å²) in [5, 5.41) is 21.4. The number of hydrogen-bond donors (Lipinski definition) is 3. The number of para-hydroxylation sites is 1. The Balaban J connectivity index is 1.44. The number of nitrogens with two attached hydrogens (primary N) is 1. The maximum Gasteiger partial charge on any atom is 0.416 e. The zero-order chi connectivity index (χ0) is 30.0. The summed E-state index contributed by atoms with van der Waals surface area (Å²) in [4.78, 5) is 30.4. The van der Waals surface area contributed by atoms with Crippen LogP contribution in [0, 0.1) is 0 Å². The highest BCUT2D eigenvalue weighted by atomic mass is 35.5. The molecule has 0 aliphatic carbocycles. The number of anilines is 2. The fraction of sp³-hybridized carbons (Fsp3) is 0.148. The molecule has 0 bridgehead atoms. The second-order valence-electron chi connectivity index (χ2n) is 9.14. The molecule has 0 spiro atoms. The number of benzene rings is 3. The number of alkyl halides is 3. The molecule has 216 valence electrons. The lowest BCUT2D eigenvalue weighted by atomic mass is 10.1. The number of carbonyl (C=O) groups is 1. The Morgan fingerprint density at radius 1 is 1.02 bits per heavy atom. The second kappa shape index (κ2) is 11.5. The first-order chi connectivity index (χ1) is 20.0. The normalized spacial score (nSPS) is 12.3. The maximum absolute atomic E-state index is 13.1. The zero-order valence-electron chi connectivity index (χ0n) is 21.5. The van der Waals surface area contributed by atoms with Gasteiger partial charge in [0, 0.05) is 22.0 Å². The van der Waals surface area contributed by atoms with Crippen molar-refractivity contribution in [1.82, 2.24) is 29.1 Å². The van der Waals surface area contributed by atoms with Crippen LogP contribution in [0.15, 0.2) is 83.9 Å². The molecule has 5 aromatic rings. The number of aliphatic hydroxyl groups is 1. The maximum atomic E-state index is 13.1. The van der Waals surface area contributed by atoms with Gasteiger partial charge >= 0.3 is 11.9 Å². The summed E-state index contributed by atoms with van der Waals surface area (Å²) >= 11 is 5.93. The number of halogens is 4. The van der Waals surface area contributed by atoms with E-state index in [0.717, 1.165) is 9.25 Å². The van der Waals surface area contributed by atoms with Crippen molar-refractivity contribution in [2.75, 3.05) is 11.1 Å². The van der Waals surface area contributed by atoms with E-state index < -0.39 is 30.4 Å². The summed E-state index contributed by atoms with van der Waals surface area (Å²) in [6, 6.07) is 19.2. The van der Waals surface area contributed by atoms with Crippen molar-refractivity contribution in [1.29, 1.82) is 0 Å². The smallest absolute Gasteiger partial charge is 0.399 e. The molecule has 5 rings (SSSR count). The monoisotopic (exact) mass is 598 g/mol. The number of nitrogens with one attached hydrogen (secondary N) is 1. The van der Waals surface area contributed by atoms with Gasteiger partial charge in [-0.3, -0.25) is 9.36 Å². The molecule has 2 heterocycles. The Kier molecular flexibility index (Phi) is 7.83. The van der Waals surface area contributed by atoms with Crippen molar-refractivity contribution in [3.05, 3.63) is 106 Å². The molecule has 0 aliphatic rings. The molecule has 2 aromatic heterocycles. The standard InChI is InChI=1S/C27H22ClF3N8O3/c28-17-7-5-16(6-8-17)24-36-38(26(42)37(24)13-22(40)27(29,30)31)14-23-33-15-39(35-23)21-4-2-1-3-20(21)25(41)34-19-11-9-18(32)10-12-19/h1-12,15,22,40H,13-14,32H2,(H,34,41). The van der Waals surface area contributed by atoms with Gasteiger partial charge in [-0.1, -0.05) is 23.7 Å². The average Bonchev–Trinajstić information content (AvgIpc) is 3.55. The summed E-state index contributed by atoms with van der Waals surface area (Å²) in [6.45, 7) is -1.38. The summed E-state index contributed by atoms with van der Waals surface area (Å²) in [7, 11) is 0. The van der Waals surface area contributed by atoms with Crippen LogP contribution in [-0.4, -0.2) is 52.4 Å². The first kappa shape index (κ1) is 28.6. The van der Waals surface area contributed by atoms with E-state index in [2.05, 4.69) is 20.5 Å². The van der Waals surface area contributed by atoms with Crippen molar-refractivity contribution in [3.8, 4) is 17.1 Å². The van der Waals surface area contributed by atoms with E-state index >= 15 is 0 Å². The molecule has 0 saturated heterocycles. The number of nitrogens with zero attached hydrogens (tertiary/aromatic N) is 6. The number of aromatic nitrogens is 6. The molecule has 1 amide bonds. The Labute approximate surface area is 240 Å². The molecule has 15 heteroatoms. The Morgan fingerprint density at radius 3 is 2.40 bits per heavy atom. The molecule has 1 atom stereocenters. The van der Waals surface area contributed by atoms with Crippen molar-refractivity contribution in [2.24, 2.45) is 0 Å². The predicted octanol–water partition coefficient (Wildman–Crippen LogP) is 3.75. The minimum absolute atomic E-state index is 0.0921. The van der Waals surface area contributed by atoms with E-state index in [1.807, 2.05) is 0 Å². The molecule has 1 unspecified atom stereocenters. The fourth-order valence-corrected chi connectivity index (χ4v) is 4.17. The van der Waals surface area contributed by atoms with Crippen molar-refractivity contribution in [2.45, 2.75) is 25.4 Å². The summed E-state index contributed by atoms with van der Waals surface area (Å²) in [6.07, 6.45) is -6.42. The van der Waals surface area contributed by atoms with Gasteiger partial charge in [-0.05, 0) is 60.7 Å². The van der Waals surface area contributed by atoms with Crippen LogP contribution in [0.4, 0.5) is 24.5 Å². The van der Waals surface area contributed by atoms with E-state index in [4.69, 9.17) is 17.3 Å². The van der Waals surface area contributed by atoms with Crippen molar-refractivity contribution >= 4 is 28.9 Å². The third-order valence-electron chi connectivity index (χ3n) is 6.15. The number of amides is 1. The number of rotatable bonds is 8. The number of aliphatic hydroxyl groups excluding tert-OH is 1. The fourth-order valence-electron chi connectivity index (χ4n) is 4.05. The summed E-state index contributed by atoms with van der Waals surface area (Å²) < 4.78 is 42.4. The highest BCUT2D eigenvalue weighted by Crippen LogP contribution is 2.24. The lowest BCUT2D eigenvalue weighted by Gasteiger charge is -2.15. The molecular formula is C27H22ClF3N8O3. The van der Waals surface area contributed by atoms with E-state index in [1.165, 1.54) is 35.3 Å². The van der Waals surface area contributed by atoms with Gasteiger partial charge in [-0.15, -0.1) is 10.2 Å². The van der Waals surface area contributed by atoms with Crippen LogP contribution in [0.1, 0.15) is 16.2 Å². The van der Waals surface area contributed by atoms with Gasteiger partial charge < -0.3 is 16.2 Å². The highest BCUT2D eigenvalue weighted by molar-refractivity contribution is 6.30. The van der Waals surface area contributed by atoms with Crippen LogP contribution in [0.3, 0.4) is 0 Å². The van der Waals surface area contributed by atoms with Gasteiger partial charge in [0.2, 0.25) is 0 Å². The number of carbonyl (C=O) groups excluding carboxylic acids is 1. The first-order valence-electron chi connectivity index (χ1n) is 12.3. The number of hydrogen-bond acceptors (Lipinski definition) is 7. The Hall–Kier alpha value is -4.95. The van der Waals surface area contributed by atoms with E-state index in [-0.39, 0.29) is 23.8 Å². The Morgan fingerprint density at radius 2 is 1.71 bits per heavy atom. The van der Waals surface area contributed by atoms with E-state index in [9.17, 15) is 27.9 Å². The topological polar surface area (TPSA) is 146 Å². The summed E-state index contributed by atoms with van der Waals surface area (Å²) in [5.74, 6) is -0.434. The van der Waals surface area contributed by atoms with Crippen molar-refractivity contribution in [3.63, 3.8) is 0 Å². The lowest BCUT2D eigenvalue weighted by molar-refractivity contribution is -0.207. The van der Waals surface area contributed by atoms with Gasteiger partial charge in [-0.2, -0.15) is 13.2 Å². The molecule has 11 nitrogen and oxygen atoms in total. The van der Waals surface area contributed by atoms with Gasteiger partial charge in [-0.25, -0.2) is 19.1 Å². The van der Waals surface area contributed by atoms with Crippen LogP contribution in [0.25, 0.3) is 17.1 Å². The summed E-state index contributed by atoms with van der Waals surface area (Å²) in [5.41, 5.74) is 6.84. The molecule has 0 radical (unpaired) electrons. The van der Waals surface area contributed by atoms with Gasteiger partial charge in [0.1, 0.15) is 12.9 Å². The van der Waals surface area contributed by atoms with Gasteiger partial charge in [0.15, 0.2) is 17.8 Å². The SMILES string of the molecule is Nc1ccc(NC(=O)c2ccccc2-n2cnc(Cn3nc(-c4ccc(Cl)cc4)n(CC(O)C(F)(F)F)c3=O)n2)cc1. The molecular weight excluding hydrogens is 577 g/mol. The molecule has 0 saturated carbocycles. The third-order valence-corrected chi connectivity index (χ3v) is 6.41. The second-order valence-corrected chi connectivity index (χ2v) is 9.57. The highest BCUT2D eigenvalue weighted by Gasteiger charge is 2.39.